The van der Waals surface area contributed by atoms with Gasteiger partial charge >= 0.3 is 5.97 Å². The first-order chi connectivity index (χ1) is 14.5. The Bertz CT molecular complexity index is 1150. The minimum absolute atomic E-state index is 0.192. The molecule has 3 aromatic rings. The maximum atomic E-state index is 13.1. The first-order valence-corrected chi connectivity index (χ1v) is 9.19. The zero-order chi connectivity index (χ0) is 21.3. The highest BCUT2D eigenvalue weighted by molar-refractivity contribution is 6.23. The number of ether oxygens (including phenoxy) is 1. The van der Waals surface area contributed by atoms with Gasteiger partial charge in [0.1, 0.15) is 6.04 Å². The average Bonchev–Trinajstić information content (AvgIpc) is 3.02. The highest BCUT2D eigenvalue weighted by Crippen LogP contribution is 2.27. The van der Waals surface area contributed by atoms with Crippen molar-refractivity contribution >= 4 is 40.3 Å². The number of fused-ring (bicyclic) bond motifs is 2. The van der Waals surface area contributed by atoms with E-state index in [1.807, 2.05) is 12.1 Å². The molecule has 2 aromatic carbocycles. The van der Waals surface area contributed by atoms with E-state index >= 15 is 0 Å². The fourth-order valence-corrected chi connectivity index (χ4v) is 3.45. The molecule has 0 radical (unpaired) electrons. The molecule has 2 heterocycles. The quantitative estimate of drug-likeness (QED) is 0.518. The summed E-state index contributed by atoms with van der Waals surface area (Å²) in [5.41, 5.74) is 1.34. The van der Waals surface area contributed by atoms with Crippen molar-refractivity contribution in [1.29, 1.82) is 0 Å². The van der Waals surface area contributed by atoms with Gasteiger partial charge in [0.15, 0.2) is 0 Å². The van der Waals surface area contributed by atoms with Crippen LogP contribution in [0.5, 0.6) is 0 Å². The number of rotatable bonds is 5. The summed E-state index contributed by atoms with van der Waals surface area (Å²) in [5, 5.41) is 3.51. The Labute approximate surface area is 171 Å². The van der Waals surface area contributed by atoms with Crippen LogP contribution in [0.3, 0.4) is 0 Å². The largest absolute Gasteiger partial charge is 0.469 e. The zero-order valence-electron chi connectivity index (χ0n) is 16.0. The highest BCUT2D eigenvalue weighted by Gasteiger charge is 2.43. The van der Waals surface area contributed by atoms with Gasteiger partial charge in [0.25, 0.3) is 11.8 Å². The lowest BCUT2D eigenvalue weighted by Gasteiger charge is -2.24. The number of esters is 1. The molecule has 0 saturated carbocycles. The number of nitrogens with zero attached hydrogens (tertiary/aromatic N) is 2. The minimum atomic E-state index is -1.37. The number of benzene rings is 2. The molecule has 0 spiro atoms. The van der Waals surface area contributed by atoms with E-state index in [1.165, 1.54) is 19.2 Å². The summed E-state index contributed by atoms with van der Waals surface area (Å²) in [7, 11) is 1.17. The second-order valence-electron chi connectivity index (χ2n) is 6.69. The molecule has 1 aliphatic rings. The highest BCUT2D eigenvalue weighted by atomic mass is 16.5. The second-order valence-corrected chi connectivity index (χ2v) is 6.69. The molecule has 4 rings (SSSR count). The molecular weight excluding hydrogens is 386 g/mol. The summed E-state index contributed by atoms with van der Waals surface area (Å²) in [5.74, 6) is -2.66. The lowest BCUT2D eigenvalue weighted by molar-refractivity contribution is -0.143. The van der Waals surface area contributed by atoms with Gasteiger partial charge in [-0.2, -0.15) is 0 Å². The van der Waals surface area contributed by atoms with Gasteiger partial charge in [0.2, 0.25) is 5.91 Å². The van der Waals surface area contributed by atoms with Crippen LogP contribution in [-0.4, -0.2) is 46.7 Å². The van der Waals surface area contributed by atoms with E-state index in [2.05, 4.69) is 15.0 Å². The predicted molar refractivity (Wildman–Crippen MR) is 108 cm³/mol. The summed E-state index contributed by atoms with van der Waals surface area (Å²) < 4.78 is 4.68. The van der Waals surface area contributed by atoms with Gasteiger partial charge in [-0.3, -0.25) is 29.1 Å². The molecule has 0 unspecified atom stereocenters. The molecule has 0 fully saturated rings. The lowest BCUT2D eigenvalue weighted by atomic mass is 10.1. The standard InChI is InChI=1S/C22H17N3O5/c1-30-18(26)12-17(25-21(28)14-8-2-3-9-15(14)22(25)29)20(27)24-16-10-4-6-13-7-5-11-23-19(13)16/h2-11,17H,12H2,1H3,(H,24,27)/t17-/m1/s1. The summed E-state index contributed by atoms with van der Waals surface area (Å²) in [6.07, 6.45) is 1.13. The van der Waals surface area contributed by atoms with Crippen LogP contribution in [0.1, 0.15) is 27.1 Å². The van der Waals surface area contributed by atoms with Gasteiger partial charge < -0.3 is 10.1 Å². The Balaban J connectivity index is 1.69. The van der Waals surface area contributed by atoms with Crippen molar-refractivity contribution in [3.05, 3.63) is 71.9 Å². The molecule has 1 aromatic heterocycles. The third-order valence-corrected chi connectivity index (χ3v) is 4.92. The van der Waals surface area contributed by atoms with Crippen molar-refractivity contribution in [3.63, 3.8) is 0 Å². The summed E-state index contributed by atoms with van der Waals surface area (Å²) in [4.78, 5) is 55.9. The van der Waals surface area contributed by atoms with Crippen LogP contribution in [0.4, 0.5) is 5.69 Å². The third kappa shape index (κ3) is 3.28. The molecule has 1 N–H and O–H groups in total. The zero-order valence-corrected chi connectivity index (χ0v) is 16.0. The number of amides is 3. The number of imide groups is 1. The van der Waals surface area contributed by atoms with E-state index in [1.54, 1.807) is 36.5 Å². The van der Waals surface area contributed by atoms with Crippen LogP contribution < -0.4 is 5.32 Å². The van der Waals surface area contributed by atoms with Crippen molar-refractivity contribution < 1.29 is 23.9 Å². The Morgan fingerprint density at radius 1 is 1.00 bits per heavy atom. The van der Waals surface area contributed by atoms with Gasteiger partial charge in [-0.1, -0.05) is 30.3 Å². The van der Waals surface area contributed by atoms with E-state index in [9.17, 15) is 19.2 Å². The fourth-order valence-electron chi connectivity index (χ4n) is 3.45. The molecule has 1 aliphatic heterocycles. The Morgan fingerprint density at radius 2 is 1.67 bits per heavy atom. The molecule has 8 heteroatoms. The minimum Gasteiger partial charge on any atom is -0.469 e. The molecule has 1 atom stereocenters. The number of hydrogen-bond acceptors (Lipinski definition) is 6. The number of aromatic nitrogens is 1. The van der Waals surface area contributed by atoms with Gasteiger partial charge in [-0.15, -0.1) is 0 Å². The van der Waals surface area contributed by atoms with Crippen LogP contribution in [0.25, 0.3) is 10.9 Å². The van der Waals surface area contributed by atoms with E-state index in [0.29, 0.717) is 11.2 Å². The number of hydrogen-bond donors (Lipinski definition) is 1. The summed E-state index contributed by atoms with van der Waals surface area (Å²) in [6, 6.07) is 13.8. The number of nitrogens with one attached hydrogen (secondary N) is 1. The Morgan fingerprint density at radius 3 is 2.33 bits per heavy atom. The SMILES string of the molecule is COC(=O)C[C@H](C(=O)Nc1cccc2cccnc12)N1C(=O)c2ccccc2C1=O. The van der Waals surface area contributed by atoms with Gasteiger partial charge in [0.05, 0.1) is 35.9 Å². The van der Waals surface area contributed by atoms with Gasteiger partial charge in [-0.05, 0) is 24.3 Å². The van der Waals surface area contributed by atoms with Crippen molar-refractivity contribution in [2.75, 3.05) is 12.4 Å². The molecule has 0 aliphatic carbocycles. The molecule has 0 saturated heterocycles. The fraction of sp³-hybridized carbons (Fsp3) is 0.136. The van der Waals surface area contributed by atoms with Crippen molar-refractivity contribution in [3.8, 4) is 0 Å². The normalized spacial score (nSPS) is 13.8. The van der Waals surface area contributed by atoms with E-state index in [0.717, 1.165) is 10.3 Å². The number of carbonyl (C=O) groups excluding carboxylic acids is 4. The predicted octanol–water partition coefficient (Wildman–Crippen LogP) is 2.40. The Kier molecular flexibility index (Phi) is 4.97. The molecule has 0 bridgehead atoms. The number of para-hydroxylation sites is 1. The molecule has 150 valence electrons. The maximum absolute atomic E-state index is 13.1. The van der Waals surface area contributed by atoms with E-state index < -0.39 is 36.2 Å². The van der Waals surface area contributed by atoms with Crippen LogP contribution in [-0.2, 0) is 14.3 Å². The molecule has 8 nitrogen and oxygen atoms in total. The number of methoxy groups -OCH3 is 1. The number of carbonyl (C=O) groups is 4. The van der Waals surface area contributed by atoms with Crippen molar-refractivity contribution in [2.24, 2.45) is 0 Å². The summed E-state index contributed by atoms with van der Waals surface area (Å²) >= 11 is 0. The monoisotopic (exact) mass is 403 g/mol. The smallest absolute Gasteiger partial charge is 0.308 e. The number of pyridine rings is 1. The van der Waals surface area contributed by atoms with Gasteiger partial charge in [-0.25, -0.2) is 0 Å². The molecular formula is C22H17N3O5. The summed E-state index contributed by atoms with van der Waals surface area (Å²) in [6.45, 7) is 0. The van der Waals surface area contributed by atoms with Crippen LogP contribution in [0, 0.1) is 0 Å². The average molecular weight is 403 g/mol. The Hall–Kier alpha value is -4.07. The lowest BCUT2D eigenvalue weighted by Crippen LogP contribution is -2.48. The third-order valence-electron chi connectivity index (χ3n) is 4.92. The first kappa shape index (κ1) is 19.3. The van der Waals surface area contributed by atoms with Crippen molar-refractivity contribution in [1.82, 2.24) is 9.88 Å². The van der Waals surface area contributed by atoms with Crippen LogP contribution >= 0.6 is 0 Å². The molecule has 30 heavy (non-hydrogen) atoms. The van der Waals surface area contributed by atoms with Crippen LogP contribution in [0.15, 0.2) is 60.8 Å². The second kappa shape index (κ2) is 7.75. The molecule has 3 amide bonds. The van der Waals surface area contributed by atoms with Crippen molar-refractivity contribution in [2.45, 2.75) is 12.5 Å². The van der Waals surface area contributed by atoms with Gasteiger partial charge in [0, 0.05) is 11.6 Å². The number of anilines is 1. The van der Waals surface area contributed by atoms with E-state index in [-0.39, 0.29) is 11.1 Å². The topological polar surface area (TPSA) is 106 Å². The van der Waals surface area contributed by atoms with E-state index in [4.69, 9.17) is 0 Å². The maximum Gasteiger partial charge on any atom is 0.308 e. The van der Waals surface area contributed by atoms with Crippen LogP contribution in [0.2, 0.25) is 0 Å². The first-order valence-electron chi connectivity index (χ1n) is 9.19.